The third kappa shape index (κ3) is 3.69. The summed E-state index contributed by atoms with van der Waals surface area (Å²) in [7, 11) is 1.61. The normalized spacial score (nSPS) is 11.1. The number of anilines is 1. The Morgan fingerprint density at radius 2 is 1.85 bits per heavy atom. The van der Waals surface area contributed by atoms with Crippen molar-refractivity contribution in [1.29, 1.82) is 0 Å². The second kappa shape index (κ2) is 8.19. The second-order valence-electron chi connectivity index (χ2n) is 7.56. The van der Waals surface area contributed by atoms with E-state index in [1.807, 2.05) is 30.3 Å². The maximum absolute atomic E-state index is 12.3. The van der Waals surface area contributed by atoms with Crippen molar-refractivity contribution in [1.82, 2.24) is 30.5 Å². The van der Waals surface area contributed by atoms with Crippen LogP contribution in [0.1, 0.15) is 23.7 Å². The Kier molecular flexibility index (Phi) is 5.06. The van der Waals surface area contributed by atoms with E-state index in [1.165, 1.54) is 0 Å². The predicted molar refractivity (Wildman–Crippen MR) is 127 cm³/mol. The summed E-state index contributed by atoms with van der Waals surface area (Å²) in [6.45, 7) is 1.79. The molecule has 0 radical (unpaired) electrons. The fraction of sp³-hybridized carbons (Fsp3) is 0.125. The Labute approximate surface area is 188 Å². The lowest BCUT2D eigenvalue weighted by Crippen LogP contribution is -2.17. The molecule has 0 atom stereocenters. The molecule has 0 aliphatic rings. The van der Waals surface area contributed by atoms with Crippen LogP contribution in [0.4, 0.5) is 5.82 Å². The molecular formula is C24H21N7O2. The number of amides is 2. The summed E-state index contributed by atoms with van der Waals surface area (Å²) in [5, 5.41) is 14.5. The van der Waals surface area contributed by atoms with Gasteiger partial charge >= 0.3 is 0 Å². The Bertz CT molecular complexity index is 1500. The minimum atomic E-state index is -0.143. The van der Waals surface area contributed by atoms with Gasteiger partial charge in [-0.15, -0.1) is 0 Å². The molecular weight excluding hydrogens is 418 g/mol. The van der Waals surface area contributed by atoms with Gasteiger partial charge in [0, 0.05) is 58.8 Å². The van der Waals surface area contributed by atoms with Gasteiger partial charge in [-0.1, -0.05) is 13.0 Å². The van der Waals surface area contributed by atoms with E-state index in [0.717, 1.165) is 38.8 Å². The molecule has 4 aromatic heterocycles. The molecule has 0 bridgehead atoms. The van der Waals surface area contributed by atoms with E-state index in [4.69, 9.17) is 0 Å². The molecule has 9 nitrogen and oxygen atoms in total. The Morgan fingerprint density at radius 1 is 1.00 bits per heavy atom. The predicted octanol–water partition coefficient (Wildman–Crippen LogP) is 3.88. The zero-order valence-electron chi connectivity index (χ0n) is 18.1. The number of nitrogens with zero attached hydrogens (tertiary/aromatic N) is 3. The zero-order valence-corrected chi connectivity index (χ0v) is 18.1. The van der Waals surface area contributed by atoms with E-state index in [1.54, 1.807) is 38.5 Å². The molecule has 0 saturated heterocycles. The molecule has 0 fully saturated rings. The van der Waals surface area contributed by atoms with Crippen LogP contribution in [0, 0.1) is 0 Å². The zero-order chi connectivity index (χ0) is 22.9. The van der Waals surface area contributed by atoms with Crippen LogP contribution in [0.5, 0.6) is 0 Å². The molecule has 5 aromatic rings. The van der Waals surface area contributed by atoms with Crippen molar-refractivity contribution in [3.05, 3.63) is 60.4 Å². The standard InChI is InChI=1S/C24H21N7O2/c1-3-21(32)29-20-8-7-13(11-26-20)14-9-17-22(30-31-23(17)27-12-14)19-10-16-15(24(33)25-2)5-4-6-18(16)28-19/h4-12,28H,3H2,1-2H3,(H,25,33)(H,26,29,32)(H,27,30,31). The van der Waals surface area contributed by atoms with E-state index >= 15 is 0 Å². The summed E-state index contributed by atoms with van der Waals surface area (Å²) >= 11 is 0. The molecule has 0 saturated carbocycles. The molecule has 33 heavy (non-hydrogen) atoms. The van der Waals surface area contributed by atoms with E-state index in [-0.39, 0.29) is 11.8 Å². The molecule has 164 valence electrons. The average Bonchev–Trinajstić information content (AvgIpc) is 3.47. The van der Waals surface area contributed by atoms with Gasteiger partial charge < -0.3 is 15.6 Å². The maximum Gasteiger partial charge on any atom is 0.251 e. The lowest BCUT2D eigenvalue weighted by Gasteiger charge is -2.05. The number of rotatable bonds is 5. The van der Waals surface area contributed by atoms with Crippen LogP contribution in [-0.2, 0) is 4.79 Å². The highest BCUT2D eigenvalue weighted by Gasteiger charge is 2.16. The molecule has 0 aliphatic heterocycles. The van der Waals surface area contributed by atoms with Crippen molar-refractivity contribution in [2.75, 3.05) is 12.4 Å². The van der Waals surface area contributed by atoms with Crippen molar-refractivity contribution < 1.29 is 9.59 Å². The first-order valence-corrected chi connectivity index (χ1v) is 10.5. The van der Waals surface area contributed by atoms with Gasteiger partial charge in [0.1, 0.15) is 5.82 Å². The van der Waals surface area contributed by atoms with Gasteiger partial charge in [0.25, 0.3) is 5.91 Å². The van der Waals surface area contributed by atoms with Crippen LogP contribution >= 0.6 is 0 Å². The summed E-state index contributed by atoms with van der Waals surface area (Å²) in [5.41, 5.74) is 5.35. The number of hydrogen-bond donors (Lipinski definition) is 4. The monoisotopic (exact) mass is 439 g/mol. The first-order valence-electron chi connectivity index (χ1n) is 10.5. The number of hydrogen-bond acceptors (Lipinski definition) is 5. The van der Waals surface area contributed by atoms with Gasteiger partial charge in [-0.2, -0.15) is 5.10 Å². The molecule has 4 N–H and O–H groups in total. The largest absolute Gasteiger partial charge is 0.355 e. The van der Waals surface area contributed by atoms with Gasteiger partial charge in [-0.3, -0.25) is 14.7 Å². The van der Waals surface area contributed by atoms with E-state index < -0.39 is 0 Å². The molecule has 5 rings (SSSR count). The highest BCUT2D eigenvalue weighted by atomic mass is 16.2. The number of fused-ring (bicyclic) bond motifs is 2. The number of benzene rings is 1. The topological polar surface area (TPSA) is 128 Å². The van der Waals surface area contributed by atoms with Crippen molar-refractivity contribution >= 4 is 39.6 Å². The summed E-state index contributed by atoms with van der Waals surface area (Å²) in [6.07, 6.45) is 3.83. The lowest BCUT2D eigenvalue weighted by atomic mass is 10.1. The van der Waals surface area contributed by atoms with E-state index in [2.05, 4.69) is 35.8 Å². The first kappa shape index (κ1) is 20.4. The molecule has 2 amide bonds. The average molecular weight is 439 g/mol. The van der Waals surface area contributed by atoms with E-state index in [9.17, 15) is 9.59 Å². The summed E-state index contributed by atoms with van der Waals surface area (Å²) < 4.78 is 0. The fourth-order valence-electron chi connectivity index (χ4n) is 3.76. The first-order chi connectivity index (χ1) is 16.1. The van der Waals surface area contributed by atoms with Crippen molar-refractivity contribution in [2.24, 2.45) is 0 Å². The number of nitrogens with one attached hydrogen (secondary N) is 4. The van der Waals surface area contributed by atoms with Gasteiger partial charge in [0.2, 0.25) is 5.91 Å². The third-order valence-electron chi connectivity index (χ3n) is 5.50. The van der Waals surface area contributed by atoms with Crippen LogP contribution in [0.3, 0.4) is 0 Å². The van der Waals surface area contributed by atoms with Crippen molar-refractivity contribution in [3.8, 4) is 22.5 Å². The van der Waals surface area contributed by atoms with Gasteiger partial charge in [0.05, 0.1) is 11.4 Å². The number of carbonyl (C=O) groups excluding carboxylic acids is 2. The van der Waals surface area contributed by atoms with Crippen molar-refractivity contribution in [2.45, 2.75) is 13.3 Å². The van der Waals surface area contributed by atoms with Crippen LogP contribution in [0.15, 0.2) is 54.9 Å². The second-order valence-corrected chi connectivity index (χ2v) is 7.56. The lowest BCUT2D eigenvalue weighted by molar-refractivity contribution is -0.115. The quantitative estimate of drug-likeness (QED) is 0.330. The summed E-state index contributed by atoms with van der Waals surface area (Å²) in [5.74, 6) is 0.281. The highest BCUT2D eigenvalue weighted by Crippen LogP contribution is 2.31. The van der Waals surface area contributed by atoms with Gasteiger partial charge in [-0.05, 0) is 36.4 Å². The molecule has 9 heteroatoms. The van der Waals surface area contributed by atoms with Crippen LogP contribution in [-0.4, -0.2) is 44.0 Å². The molecule has 0 spiro atoms. The fourth-order valence-corrected chi connectivity index (χ4v) is 3.76. The Hall–Kier alpha value is -4.53. The SMILES string of the molecule is CCC(=O)Nc1ccc(-c2cnc3n[nH]c(-c4cc5c(C(=O)NC)cccc5[nH]4)c3c2)cn1. The van der Waals surface area contributed by atoms with Crippen molar-refractivity contribution in [3.63, 3.8) is 0 Å². The Balaban J connectivity index is 1.54. The number of carbonyl (C=O) groups is 2. The van der Waals surface area contributed by atoms with E-state index in [0.29, 0.717) is 23.4 Å². The number of H-pyrrole nitrogens is 2. The molecule has 0 unspecified atom stereocenters. The van der Waals surface area contributed by atoms with Gasteiger partial charge in [0.15, 0.2) is 5.65 Å². The molecule has 1 aromatic carbocycles. The number of pyridine rings is 2. The van der Waals surface area contributed by atoms with Gasteiger partial charge in [-0.25, -0.2) is 9.97 Å². The molecule has 4 heterocycles. The number of aromatic nitrogens is 5. The third-order valence-corrected chi connectivity index (χ3v) is 5.50. The summed E-state index contributed by atoms with van der Waals surface area (Å²) in [6, 6.07) is 13.2. The smallest absolute Gasteiger partial charge is 0.251 e. The molecule has 0 aliphatic carbocycles. The van der Waals surface area contributed by atoms with Crippen LogP contribution in [0.2, 0.25) is 0 Å². The van der Waals surface area contributed by atoms with Crippen LogP contribution in [0.25, 0.3) is 44.5 Å². The number of aromatic amines is 2. The summed E-state index contributed by atoms with van der Waals surface area (Å²) in [4.78, 5) is 36.0. The van der Waals surface area contributed by atoms with Crippen LogP contribution < -0.4 is 10.6 Å². The minimum Gasteiger partial charge on any atom is -0.355 e. The Morgan fingerprint density at radius 3 is 2.61 bits per heavy atom. The highest BCUT2D eigenvalue weighted by molar-refractivity contribution is 6.08. The minimum absolute atomic E-state index is 0.0840. The maximum atomic E-state index is 12.3.